The van der Waals surface area contributed by atoms with Crippen molar-refractivity contribution in [3.63, 3.8) is 0 Å². The van der Waals surface area contributed by atoms with E-state index >= 15 is 0 Å². The summed E-state index contributed by atoms with van der Waals surface area (Å²) >= 11 is 0. The van der Waals surface area contributed by atoms with Crippen molar-refractivity contribution in [3.05, 3.63) is 0 Å². The summed E-state index contributed by atoms with van der Waals surface area (Å²) in [6.07, 6.45) is 2.98. The number of carbonyl (C=O) groups excluding carboxylic acids is 1. The van der Waals surface area contributed by atoms with Crippen LogP contribution >= 0.6 is 0 Å². The summed E-state index contributed by atoms with van der Waals surface area (Å²) in [7, 11) is 0. The van der Waals surface area contributed by atoms with Crippen molar-refractivity contribution in [1.29, 1.82) is 0 Å². The molecule has 0 amide bonds. The minimum absolute atomic E-state index is 0.380. The number of nitrogens with two attached hydrogens (primary N) is 1. The van der Waals surface area contributed by atoms with E-state index in [0.29, 0.717) is 0 Å². The van der Waals surface area contributed by atoms with Crippen molar-refractivity contribution in [2.75, 3.05) is 13.1 Å². The van der Waals surface area contributed by atoms with Gasteiger partial charge in [0.05, 0.1) is 5.54 Å². The lowest BCUT2D eigenvalue weighted by molar-refractivity contribution is -0.112. The predicted molar refractivity (Wildman–Crippen MR) is 46.4 cm³/mol. The minimum atomic E-state index is -0.380. The molecule has 0 aliphatic rings. The third-order valence-electron chi connectivity index (χ3n) is 1.51. The summed E-state index contributed by atoms with van der Waals surface area (Å²) in [5.74, 6) is 0. The van der Waals surface area contributed by atoms with E-state index in [1.165, 1.54) is 0 Å². The van der Waals surface area contributed by atoms with Crippen molar-refractivity contribution >= 4 is 6.29 Å². The number of carbonyl (C=O) groups is 1. The monoisotopic (exact) mass is 158 g/mol. The van der Waals surface area contributed by atoms with Gasteiger partial charge in [-0.05, 0) is 39.8 Å². The highest BCUT2D eigenvalue weighted by Crippen LogP contribution is 1.96. The first kappa shape index (κ1) is 10.6. The van der Waals surface area contributed by atoms with Crippen molar-refractivity contribution < 1.29 is 4.79 Å². The maximum Gasteiger partial charge on any atom is 0.139 e. The SMILES string of the molecule is CC(C)(C=O)NCCCCN. The van der Waals surface area contributed by atoms with Gasteiger partial charge < -0.3 is 15.8 Å². The second-order valence-electron chi connectivity index (χ2n) is 3.26. The van der Waals surface area contributed by atoms with E-state index in [-0.39, 0.29) is 5.54 Å². The van der Waals surface area contributed by atoms with Gasteiger partial charge in [-0.3, -0.25) is 0 Å². The lowest BCUT2D eigenvalue weighted by atomic mass is 10.1. The van der Waals surface area contributed by atoms with Gasteiger partial charge in [0, 0.05) is 0 Å². The highest BCUT2D eigenvalue weighted by atomic mass is 16.1. The zero-order valence-corrected chi connectivity index (χ0v) is 7.39. The molecule has 11 heavy (non-hydrogen) atoms. The summed E-state index contributed by atoms with van der Waals surface area (Å²) < 4.78 is 0. The van der Waals surface area contributed by atoms with Gasteiger partial charge in [0.1, 0.15) is 6.29 Å². The third kappa shape index (κ3) is 6.01. The molecule has 0 aliphatic heterocycles. The van der Waals surface area contributed by atoms with E-state index in [9.17, 15) is 4.79 Å². The van der Waals surface area contributed by atoms with Gasteiger partial charge in [-0.15, -0.1) is 0 Å². The Balaban J connectivity index is 3.30. The highest BCUT2D eigenvalue weighted by molar-refractivity contribution is 5.62. The van der Waals surface area contributed by atoms with E-state index in [2.05, 4.69) is 5.32 Å². The largest absolute Gasteiger partial charge is 0.330 e. The van der Waals surface area contributed by atoms with Gasteiger partial charge in [-0.25, -0.2) is 0 Å². The van der Waals surface area contributed by atoms with Crippen molar-refractivity contribution in [2.45, 2.75) is 32.2 Å². The average Bonchev–Trinajstić information content (AvgIpc) is 1.99. The molecule has 66 valence electrons. The molecule has 0 radical (unpaired) electrons. The van der Waals surface area contributed by atoms with E-state index in [1.807, 2.05) is 13.8 Å². The molecule has 0 spiro atoms. The van der Waals surface area contributed by atoms with Crippen molar-refractivity contribution in [3.8, 4) is 0 Å². The van der Waals surface area contributed by atoms with E-state index in [0.717, 1.165) is 32.2 Å². The molecule has 0 heterocycles. The topological polar surface area (TPSA) is 55.1 Å². The summed E-state index contributed by atoms with van der Waals surface area (Å²) in [6.45, 7) is 5.32. The molecule has 0 fully saturated rings. The number of hydrogen-bond donors (Lipinski definition) is 2. The fourth-order valence-electron chi connectivity index (χ4n) is 0.722. The molecule has 0 aromatic carbocycles. The Bertz CT molecular complexity index is 113. The first-order valence-corrected chi connectivity index (χ1v) is 4.04. The van der Waals surface area contributed by atoms with E-state index < -0.39 is 0 Å². The number of hydrogen-bond acceptors (Lipinski definition) is 3. The van der Waals surface area contributed by atoms with Gasteiger partial charge in [-0.2, -0.15) is 0 Å². The van der Waals surface area contributed by atoms with Crippen LogP contribution in [0.2, 0.25) is 0 Å². The molecule has 0 aromatic rings. The summed E-state index contributed by atoms with van der Waals surface area (Å²) in [6, 6.07) is 0. The molecule has 0 aliphatic carbocycles. The fraction of sp³-hybridized carbons (Fsp3) is 0.875. The second-order valence-corrected chi connectivity index (χ2v) is 3.26. The number of unbranched alkanes of at least 4 members (excludes halogenated alkanes) is 1. The molecule has 0 saturated carbocycles. The first-order valence-electron chi connectivity index (χ1n) is 4.04. The molecule has 3 heteroatoms. The Morgan fingerprint density at radius 2 is 2.09 bits per heavy atom. The lowest BCUT2D eigenvalue weighted by Crippen LogP contribution is -2.41. The van der Waals surface area contributed by atoms with Crippen LogP contribution in [0.25, 0.3) is 0 Å². The van der Waals surface area contributed by atoms with E-state index in [1.54, 1.807) is 0 Å². The molecule has 0 atom stereocenters. The van der Waals surface area contributed by atoms with Crippen LogP contribution in [0.15, 0.2) is 0 Å². The van der Waals surface area contributed by atoms with Crippen molar-refractivity contribution in [2.24, 2.45) is 5.73 Å². The Labute approximate surface area is 68.3 Å². The minimum Gasteiger partial charge on any atom is -0.330 e. The first-order chi connectivity index (χ1) is 5.12. The van der Waals surface area contributed by atoms with Crippen molar-refractivity contribution in [1.82, 2.24) is 5.32 Å². The maximum absolute atomic E-state index is 10.4. The van der Waals surface area contributed by atoms with Crippen LogP contribution < -0.4 is 11.1 Å². The quantitative estimate of drug-likeness (QED) is 0.431. The summed E-state index contributed by atoms with van der Waals surface area (Å²) in [5.41, 5.74) is 4.93. The normalized spacial score (nSPS) is 11.5. The van der Waals surface area contributed by atoms with Crippen LogP contribution in [-0.2, 0) is 4.79 Å². The van der Waals surface area contributed by atoms with Crippen LogP contribution in [-0.4, -0.2) is 24.9 Å². The molecule has 0 saturated heterocycles. The predicted octanol–water partition coefficient (Wildman–Crippen LogP) is 0.292. The van der Waals surface area contributed by atoms with E-state index in [4.69, 9.17) is 5.73 Å². The van der Waals surface area contributed by atoms with Gasteiger partial charge >= 0.3 is 0 Å². The smallest absolute Gasteiger partial charge is 0.139 e. The molecular weight excluding hydrogens is 140 g/mol. The number of nitrogens with one attached hydrogen (secondary N) is 1. The van der Waals surface area contributed by atoms with Crippen LogP contribution in [0.1, 0.15) is 26.7 Å². The third-order valence-corrected chi connectivity index (χ3v) is 1.51. The Morgan fingerprint density at radius 3 is 2.55 bits per heavy atom. The average molecular weight is 158 g/mol. The number of aldehydes is 1. The fourth-order valence-corrected chi connectivity index (χ4v) is 0.722. The molecule has 0 rings (SSSR count). The molecule has 0 aromatic heterocycles. The number of rotatable bonds is 6. The molecule has 3 nitrogen and oxygen atoms in total. The Morgan fingerprint density at radius 1 is 1.45 bits per heavy atom. The van der Waals surface area contributed by atoms with Crippen LogP contribution in [0.5, 0.6) is 0 Å². The van der Waals surface area contributed by atoms with Gasteiger partial charge in [0.25, 0.3) is 0 Å². The van der Waals surface area contributed by atoms with Crippen LogP contribution in [0.3, 0.4) is 0 Å². The summed E-state index contributed by atoms with van der Waals surface area (Å²) in [4.78, 5) is 10.4. The Hall–Kier alpha value is -0.410. The zero-order valence-electron chi connectivity index (χ0n) is 7.39. The van der Waals surface area contributed by atoms with Gasteiger partial charge in [0.15, 0.2) is 0 Å². The molecule has 0 unspecified atom stereocenters. The highest BCUT2D eigenvalue weighted by Gasteiger charge is 2.13. The van der Waals surface area contributed by atoms with Crippen LogP contribution in [0.4, 0.5) is 0 Å². The summed E-state index contributed by atoms with van der Waals surface area (Å²) in [5, 5.41) is 3.12. The lowest BCUT2D eigenvalue weighted by Gasteiger charge is -2.18. The van der Waals surface area contributed by atoms with Gasteiger partial charge in [0.2, 0.25) is 0 Å². The molecule has 0 bridgehead atoms. The van der Waals surface area contributed by atoms with Crippen LogP contribution in [0, 0.1) is 0 Å². The van der Waals surface area contributed by atoms with Gasteiger partial charge in [-0.1, -0.05) is 0 Å². The maximum atomic E-state index is 10.4. The molecular formula is C8H18N2O. The molecule has 3 N–H and O–H groups in total. The zero-order chi connectivity index (χ0) is 8.74. The second kappa shape index (κ2) is 5.27. The standard InChI is InChI=1S/C8H18N2O/c1-8(2,7-11)10-6-4-3-5-9/h7,10H,3-6,9H2,1-2H3. The Kier molecular flexibility index (Phi) is 5.07.